The average Bonchev–Trinajstić information content (AvgIpc) is 2.73. The summed E-state index contributed by atoms with van der Waals surface area (Å²) in [5.74, 6) is -0.208. The van der Waals surface area contributed by atoms with Crippen LogP contribution >= 0.6 is 15.9 Å². The van der Waals surface area contributed by atoms with Crippen LogP contribution in [0.3, 0.4) is 0 Å². The highest BCUT2D eigenvalue weighted by Gasteiger charge is 2.41. The molecule has 0 saturated carbocycles. The number of sulfone groups is 1. The number of hydrogen-bond donors (Lipinski definition) is 0. The number of allylic oxidation sites excluding steroid dienone is 1. The summed E-state index contributed by atoms with van der Waals surface area (Å²) in [5.41, 5.74) is 5.27. The molecule has 3 aromatic carbocycles. The molecule has 0 aromatic heterocycles. The van der Waals surface area contributed by atoms with Gasteiger partial charge in [-0.25, -0.2) is 8.42 Å². The predicted molar refractivity (Wildman–Crippen MR) is 118 cm³/mol. The summed E-state index contributed by atoms with van der Waals surface area (Å²) in [5, 5.41) is -0.559. The molecule has 0 unspecified atom stereocenters. The van der Waals surface area contributed by atoms with Crippen molar-refractivity contribution in [1.29, 1.82) is 0 Å². The summed E-state index contributed by atoms with van der Waals surface area (Å²) in [4.78, 5) is 2.25. The summed E-state index contributed by atoms with van der Waals surface area (Å²) in [6.45, 7) is 1.96. The molecule has 1 aliphatic carbocycles. The van der Waals surface area contributed by atoms with Crippen molar-refractivity contribution in [2.45, 2.75) is 29.4 Å². The van der Waals surface area contributed by atoms with Gasteiger partial charge in [0.1, 0.15) is 0 Å². The van der Waals surface area contributed by atoms with Crippen LogP contribution in [0, 0.1) is 6.92 Å². The minimum Gasteiger partial charge on any atom is -0.223 e. The van der Waals surface area contributed by atoms with Gasteiger partial charge in [-0.05, 0) is 52.7 Å². The number of benzene rings is 3. The molecule has 1 aliphatic rings. The number of halogens is 1. The van der Waals surface area contributed by atoms with Gasteiger partial charge in [0, 0.05) is 5.92 Å². The highest BCUT2D eigenvalue weighted by atomic mass is 79.9. The van der Waals surface area contributed by atoms with Crippen molar-refractivity contribution in [2.75, 3.05) is 0 Å². The lowest BCUT2D eigenvalue weighted by Gasteiger charge is -2.35. The molecule has 4 heteroatoms. The van der Waals surface area contributed by atoms with E-state index in [9.17, 15) is 8.42 Å². The number of fused-ring (bicyclic) bond motifs is 1. The zero-order chi connectivity index (χ0) is 19.7. The first kappa shape index (κ1) is 19.2. The molecule has 3 aromatic rings. The number of rotatable bonds is 3. The van der Waals surface area contributed by atoms with Crippen molar-refractivity contribution in [1.82, 2.24) is 0 Å². The lowest BCUT2D eigenvalue weighted by Crippen LogP contribution is -2.33. The van der Waals surface area contributed by atoms with Crippen molar-refractivity contribution in [3.05, 3.63) is 106 Å². The van der Waals surface area contributed by atoms with E-state index in [4.69, 9.17) is 0 Å². The SMILES string of the molecule is Cc1ccc(S(=O)(=O)[C@@H]2C/C(=C/Br)c3ccccc3[C@H]2c2ccccc2)cc1. The van der Waals surface area contributed by atoms with E-state index in [1.165, 1.54) is 0 Å². The van der Waals surface area contributed by atoms with Gasteiger partial charge >= 0.3 is 0 Å². The fourth-order valence-electron chi connectivity index (χ4n) is 4.05. The predicted octanol–water partition coefficient (Wildman–Crippen LogP) is 6.11. The Labute approximate surface area is 175 Å². The first-order valence-electron chi connectivity index (χ1n) is 9.26. The minimum atomic E-state index is -3.52. The van der Waals surface area contributed by atoms with Crippen LogP contribution in [0.1, 0.15) is 34.6 Å². The Kier molecular flexibility index (Phi) is 5.26. The van der Waals surface area contributed by atoms with Crippen LogP contribution in [0.25, 0.3) is 5.57 Å². The van der Waals surface area contributed by atoms with Gasteiger partial charge < -0.3 is 0 Å². The van der Waals surface area contributed by atoms with Gasteiger partial charge in [0.15, 0.2) is 9.84 Å². The summed E-state index contributed by atoms with van der Waals surface area (Å²) in [7, 11) is -3.52. The molecule has 2 nitrogen and oxygen atoms in total. The molecule has 0 radical (unpaired) electrons. The largest absolute Gasteiger partial charge is 0.223 e. The highest BCUT2D eigenvalue weighted by molar-refractivity contribution is 9.11. The molecular formula is C24H21BrO2S. The van der Waals surface area contributed by atoms with E-state index >= 15 is 0 Å². The molecule has 4 rings (SSSR count). The maximum atomic E-state index is 13.7. The van der Waals surface area contributed by atoms with Gasteiger partial charge in [-0.1, -0.05) is 88.2 Å². The zero-order valence-electron chi connectivity index (χ0n) is 15.5. The fraction of sp³-hybridized carbons (Fsp3) is 0.167. The Morgan fingerprint density at radius 2 is 1.54 bits per heavy atom. The van der Waals surface area contributed by atoms with Crippen molar-refractivity contribution in [2.24, 2.45) is 0 Å². The standard InChI is InChI=1S/C24H21BrO2S/c1-17-11-13-20(14-12-17)28(26,27)23-15-19(16-25)21-9-5-6-10-22(21)24(23)18-7-3-2-4-8-18/h2-14,16,23-24H,15H2,1H3/b19-16-/t23-,24-/m1/s1. The molecule has 0 heterocycles. The van der Waals surface area contributed by atoms with E-state index in [-0.39, 0.29) is 5.92 Å². The Hall–Kier alpha value is -2.17. The summed E-state index contributed by atoms with van der Waals surface area (Å²) in [6, 6.07) is 25.3. The van der Waals surface area contributed by atoms with Crippen molar-refractivity contribution in [3.8, 4) is 0 Å². The molecule has 28 heavy (non-hydrogen) atoms. The van der Waals surface area contributed by atoms with Crippen LogP contribution in [-0.2, 0) is 9.84 Å². The van der Waals surface area contributed by atoms with E-state index in [1.807, 2.05) is 66.5 Å². The van der Waals surface area contributed by atoms with E-state index in [1.54, 1.807) is 12.1 Å². The Balaban J connectivity index is 1.93. The topological polar surface area (TPSA) is 34.1 Å². The van der Waals surface area contributed by atoms with Crippen LogP contribution in [0.15, 0.2) is 88.7 Å². The molecule has 0 aliphatic heterocycles. The summed E-state index contributed by atoms with van der Waals surface area (Å²) in [6.07, 6.45) is 0.470. The van der Waals surface area contributed by atoms with Crippen LogP contribution in [0.5, 0.6) is 0 Å². The zero-order valence-corrected chi connectivity index (χ0v) is 17.9. The molecule has 0 N–H and O–H groups in total. The van der Waals surface area contributed by atoms with E-state index in [0.29, 0.717) is 11.3 Å². The second-order valence-electron chi connectivity index (χ2n) is 7.21. The molecule has 0 spiro atoms. The maximum absolute atomic E-state index is 13.7. The molecule has 0 saturated heterocycles. The van der Waals surface area contributed by atoms with Crippen LogP contribution in [0.4, 0.5) is 0 Å². The third-order valence-corrected chi connectivity index (χ3v) is 8.19. The van der Waals surface area contributed by atoms with Crippen LogP contribution in [-0.4, -0.2) is 13.7 Å². The van der Waals surface area contributed by atoms with Gasteiger partial charge in [-0.3, -0.25) is 0 Å². The molecule has 2 atom stereocenters. The number of aryl methyl sites for hydroxylation is 1. The smallest absolute Gasteiger partial charge is 0.182 e. The van der Waals surface area contributed by atoms with Gasteiger partial charge in [0.2, 0.25) is 0 Å². The molecule has 142 valence electrons. The normalized spacial score (nSPS) is 20.7. The molecule has 0 bridgehead atoms. The Bertz CT molecular complexity index is 1120. The van der Waals surface area contributed by atoms with Gasteiger partial charge in [-0.2, -0.15) is 0 Å². The Morgan fingerprint density at radius 1 is 0.893 bits per heavy atom. The summed E-state index contributed by atoms with van der Waals surface area (Å²) >= 11 is 3.46. The van der Waals surface area contributed by atoms with E-state index < -0.39 is 15.1 Å². The molecular weight excluding hydrogens is 432 g/mol. The minimum absolute atomic E-state index is 0.208. The Morgan fingerprint density at radius 3 is 2.21 bits per heavy atom. The quantitative estimate of drug-likeness (QED) is 0.480. The second-order valence-corrected chi connectivity index (χ2v) is 9.84. The first-order chi connectivity index (χ1) is 13.5. The van der Waals surface area contributed by atoms with Crippen molar-refractivity contribution in [3.63, 3.8) is 0 Å². The van der Waals surface area contributed by atoms with E-state index in [0.717, 1.165) is 27.8 Å². The lowest BCUT2D eigenvalue weighted by molar-refractivity contribution is 0.564. The first-order valence-corrected chi connectivity index (χ1v) is 11.7. The monoisotopic (exact) mass is 452 g/mol. The molecule has 0 amide bonds. The third kappa shape index (κ3) is 3.36. The fourth-order valence-corrected chi connectivity index (χ4v) is 6.41. The van der Waals surface area contributed by atoms with Gasteiger partial charge in [-0.15, -0.1) is 0 Å². The van der Waals surface area contributed by atoms with Crippen LogP contribution < -0.4 is 0 Å². The van der Waals surface area contributed by atoms with Gasteiger partial charge in [0.25, 0.3) is 0 Å². The van der Waals surface area contributed by atoms with Crippen molar-refractivity contribution < 1.29 is 8.42 Å². The average molecular weight is 453 g/mol. The lowest BCUT2D eigenvalue weighted by atomic mass is 9.77. The highest BCUT2D eigenvalue weighted by Crippen LogP contribution is 2.46. The number of hydrogen-bond acceptors (Lipinski definition) is 2. The second kappa shape index (κ2) is 7.69. The molecule has 0 fully saturated rings. The van der Waals surface area contributed by atoms with Gasteiger partial charge in [0.05, 0.1) is 10.1 Å². The van der Waals surface area contributed by atoms with E-state index in [2.05, 4.69) is 28.1 Å². The summed E-state index contributed by atoms with van der Waals surface area (Å²) < 4.78 is 27.4. The third-order valence-electron chi connectivity index (χ3n) is 5.47. The van der Waals surface area contributed by atoms with Crippen molar-refractivity contribution >= 4 is 31.3 Å². The van der Waals surface area contributed by atoms with Crippen LogP contribution in [0.2, 0.25) is 0 Å². The maximum Gasteiger partial charge on any atom is 0.182 e.